The molecule has 0 bridgehead atoms. The first-order chi connectivity index (χ1) is 11.1. The van der Waals surface area contributed by atoms with Crippen molar-refractivity contribution in [3.8, 4) is 5.69 Å². The van der Waals surface area contributed by atoms with E-state index in [4.69, 9.17) is 0 Å². The number of para-hydroxylation sites is 1. The van der Waals surface area contributed by atoms with Crippen molar-refractivity contribution in [3.63, 3.8) is 0 Å². The summed E-state index contributed by atoms with van der Waals surface area (Å²) < 4.78 is 1.50. The number of aryl methyl sites for hydroxylation is 1. The van der Waals surface area contributed by atoms with Gasteiger partial charge in [-0.1, -0.05) is 52.3 Å². The van der Waals surface area contributed by atoms with Gasteiger partial charge < -0.3 is 5.11 Å². The number of fused-ring (bicyclic) bond motifs is 1. The Labute approximate surface area is 141 Å². The Kier molecular flexibility index (Phi) is 4.05. The van der Waals surface area contributed by atoms with Gasteiger partial charge in [0.25, 0.3) is 5.56 Å². The van der Waals surface area contributed by atoms with E-state index >= 15 is 0 Å². The summed E-state index contributed by atoms with van der Waals surface area (Å²) in [6.07, 6.45) is 0. The maximum Gasteiger partial charge on any atom is 0.338 e. The predicted octanol–water partition coefficient (Wildman–Crippen LogP) is 3.89. The number of hydrogen-bond donors (Lipinski definition) is 1. The van der Waals surface area contributed by atoms with E-state index in [1.54, 1.807) is 24.3 Å². The molecule has 23 heavy (non-hydrogen) atoms. The van der Waals surface area contributed by atoms with Gasteiger partial charge >= 0.3 is 5.97 Å². The molecule has 0 radical (unpaired) electrons. The molecule has 3 aromatic rings. The average Bonchev–Trinajstić information content (AvgIpc) is 2.55. The zero-order valence-corrected chi connectivity index (χ0v) is 14.0. The van der Waals surface area contributed by atoms with Crippen LogP contribution in [0.2, 0.25) is 0 Å². The molecule has 0 saturated carbocycles. The number of alkyl halides is 1. The van der Waals surface area contributed by atoms with Crippen molar-refractivity contribution in [2.45, 2.75) is 12.3 Å². The molecule has 116 valence electrons. The van der Waals surface area contributed by atoms with Crippen LogP contribution in [-0.2, 0) is 5.33 Å². The molecule has 0 atom stereocenters. The maximum atomic E-state index is 13.0. The number of carboxylic acids is 1. The van der Waals surface area contributed by atoms with Crippen LogP contribution in [0.25, 0.3) is 16.5 Å². The topological polar surface area (TPSA) is 59.3 Å². The van der Waals surface area contributed by atoms with Crippen LogP contribution in [0.3, 0.4) is 0 Å². The quantitative estimate of drug-likeness (QED) is 0.710. The number of halogens is 1. The fraction of sp³-hybridized carbons (Fsp3) is 0.111. The first-order valence-electron chi connectivity index (χ1n) is 7.08. The summed E-state index contributed by atoms with van der Waals surface area (Å²) in [5.41, 5.74) is 1.98. The number of hydrogen-bond acceptors (Lipinski definition) is 2. The number of aromatic carboxylic acids is 1. The van der Waals surface area contributed by atoms with Crippen molar-refractivity contribution in [1.82, 2.24) is 4.57 Å². The summed E-state index contributed by atoms with van der Waals surface area (Å²) in [7, 11) is 0. The van der Waals surface area contributed by atoms with Gasteiger partial charge in [0.15, 0.2) is 0 Å². The second-order valence-electron chi connectivity index (χ2n) is 5.23. The first-order valence-corrected chi connectivity index (χ1v) is 8.20. The highest BCUT2D eigenvalue weighted by molar-refractivity contribution is 9.08. The number of aromatic nitrogens is 1. The van der Waals surface area contributed by atoms with Crippen LogP contribution >= 0.6 is 15.9 Å². The van der Waals surface area contributed by atoms with E-state index in [2.05, 4.69) is 15.9 Å². The lowest BCUT2D eigenvalue weighted by atomic mass is 10.0. The molecule has 0 aliphatic heterocycles. The van der Waals surface area contributed by atoms with Crippen LogP contribution in [0, 0.1) is 6.92 Å². The lowest BCUT2D eigenvalue weighted by Crippen LogP contribution is -2.25. The predicted molar refractivity (Wildman–Crippen MR) is 93.9 cm³/mol. The van der Waals surface area contributed by atoms with Crippen molar-refractivity contribution < 1.29 is 9.90 Å². The maximum absolute atomic E-state index is 13.0. The molecular weight excluding hydrogens is 358 g/mol. The van der Waals surface area contributed by atoms with Crippen LogP contribution < -0.4 is 5.56 Å². The van der Waals surface area contributed by atoms with E-state index in [-0.39, 0.29) is 16.5 Å². The molecular formula is C18H14BrNO3. The largest absolute Gasteiger partial charge is 0.478 e. The Morgan fingerprint density at radius 2 is 1.70 bits per heavy atom. The molecule has 3 rings (SSSR count). The van der Waals surface area contributed by atoms with E-state index in [0.717, 1.165) is 5.56 Å². The molecule has 4 nitrogen and oxygen atoms in total. The summed E-state index contributed by atoms with van der Waals surface area (Å²) in [5.74, 6) is -1.04. The van der Waals surface area contributed by atoms with Crippen LogP contribution in [0.15, 0.2) is 53.3 Å². The van der Waals surface area contributed by atoms with Gasteiger partial charge in [0.1, 0.15) is 0 Å². The van der Waals surface area contributed by atoms with Crippen molar-refractivity contribution in [3.05, 3.63) is 75.7 Å². The Morgan fingerprint density at radius 3 is 2.30 bits per heavy atom. The highest BCUT2D eigenvalue weighted by atomic mass is 79.9. The zero-order chi connectivity index (χ0) is 16.6. The Balaban J connectivity index is 2.57. The lowest BCUT2D eigenvalue weighted by Gasteiger charge is -2.18. The van der Waals surface area contributed by atoms with Gasteiger partial charge in [-0.2, -0.15) is 0 Å². The Bertz CT molecular complexity index is 976. The van der Waals surface area contributed by atoms with Gasteiger partial charge in [-0.05, 0) is 24.6 Å². The monoisotopic (exact) mass is 371 g/mol. The van der Waals surface area contributed by atoms with Gasteiger partial charge in [0.2, 0.25) is 0 Å². The van der Waals surface area contributed by atoms with Gasteiger partial charge in [-0.25, -0.2) is 4.79 Å². The van der Waals surface area contributed by atoms with E-state index in [1.807, 2.05) is 31.2 Å². The molecule has 1 N–H and O–H groups in total. The van der Waals surface area contributed by atoms with E-state index < -0.39 is 5.97 Å². The smallest absolute Gasteiger partial charge is 0.338 e. The first kappa shape index (κ1) is 15.5. The highest BCUT2D eigenvalue weighted by Crippen LogP contribution is 2.25. The fourth-order valence-electron chi connectivity index (χ4n) is 2.83. The zero-order valence-electron chi connectivity index (χ0n) is 12.4. The Hall–Kier alpha value is -2.40. The molecule has 2 aromatic carbocycles. The van der Waals surface area contributed by atoms with Gasteiger partial charge in [0.05, 0.1) is 16.9 Å². The summed E-state index contributed by atoms with van der Waals surface area (Å²) in [5, 5.41) is 10.8. The third kappa shape index (κ3) is 2.47. The number of carboxylic acid groups (broad SMARTS) is 1. The third-order valence-electron chi connectivity index (χ3n) is 3.89. The van der Waals surface area contributed by atoms with Crippen molar-refractivity contribution in [1.29, 1.82) is 0 Å². The van der Waals surface area contributed by atoms with E-state index in [9.17, 15) is 14.7 Å². The van der Waals surface area contributed by atoms with Crippen molar-refractivity contribution in [2.75, 3.05) is 0 Å². The second-order valence-corrected chi connectivity index (χ2v) is 5.79. The van der Waals surface area contributed by atoms with Crippen molar-refractivity contribution in [2.24, 2.45) is 0 Å². The van der Waals surface area contributed by atoms with E-state index in [0.29, 0.717) is 22.2 Å². The molecule has 0 saturated heterocycles. The standard InChI is InChI=1S/C18H14BrNO3/c1-11-6-2-5-9-14(11)20-15(10-19)16(18(22)23)12-7-3-4-8-13(12)17(20)21/h2-9H,10H2,1H3,(H,22,23). The fourth-order valence-corrected chi connectivity index (χ4v) is 3.36. The number of carbonyl (C=O) groups is 1. The Morgan fingerprint density at radius 1 is 1.09 bits per heavy atom. The highest BCUT2D eigenvalue weighted by Gasteiger charge is 2.21. The normalized spacial score (nSPS) is 10.9. The van der Waals surface area contributed by atoms with Gasteiger partial charge in [-0.3, -0.25) is 9.36 Å². The molecule has 1 heterocycles. The molecule has 0 unspecified atom stereocenters. The number of benzene rings is 2. The summed E-state index contributed by atoms with van der Waals surface area (Å²) in [6.45, 7) is 1.90. The summed E-state index contributed by atoms with van der Waals surface area (Å²) in [6, 6.07) is 14.3. The number of rotatable bonds is 3. The molecule has 5 heteroatoms. The van der Waals surface area contributed by atoms with Gasteiger partial charge in [-0.15, -0.1) is 0 Å². The summed E-state index contributed by atoms with van der Waals surface area (Å²) in [4.78, 5) is 24.8. The molecule has 0 aliphatic rings. The summed E-state index contributed by atoms with van der Waals surface area (Å²) >= 11 is 3.35. The minimum absolute atomic E-state index is 0.153. The lowest BCUT2D eigenvalue weighted by molar-refractivity contribution is 0.0697. The van der Waals surface area contributed by atoms with E-state index in [1.165, 1.54) is 4.57 Å². The third-order valence-corrected chi connectivity index (χ3v) is 4.42. The molecule has 0 aliphatic carbocycles. The minimum atomic E-state index is -1.04. The molecule has 0 amide bonds. The van der Waals surface area contributed by atoms with Gasteiger partial charge in [0, 0.05) is 16.1 Å². The van der Waals surface area contributed by atoms with Crippen molar-refractivity contribution >= 4 is 32.7 Å². The molecule has 0 spiro atoms. The van der Waals surface area contributed by atoms with Crippen LogP contribution in [-0.4, -0.2) is 15.6 Å². The minimum Gasteiger partial charge on any atom is -0.478 e. The molecule has 0 fully saturated rings. The second kappa shape index (κ2) is 6.01. The average molecular weight is 372 g/mol. The number of pyridine rings is 1. The van der Waals surface area contributed by atoms with Crippen LogP contribution in [0.1, 0.15) is 21.6 Å². The van der Waals surface area contributed by atoms with Crippen LogP contribution in [0.4, 0.5) is 0 Å². The number of nitrogens with zero attached hydrogens (tertiary/aromatic N) is 1. The van der Waals surface area contributed by atoms with Crippen LogP contribution in [0.5, 0.6) is 0 Å². The molecule has 1 aromatic heterocycles. The SMILES string of the molecule is Cc1ccccc1-n1c(CBr)c(C(=O)O)c2ccccc2c1=O.